The molecule has 0 bridgehead atoms. The first-order chi connectivity index (χ1) is 10.5. The highest BCUT2D eigenvalue weighted by atomic mass is 35.5. The van der Waals surface area contributed by atoms with Crippen LogP contribution in [0.2, 0.25) is 5.02 Å². The molecule has 0 atom stereocenters. The Morgan fingerprint density at radius 3 is 2.50 bits per heavy atom. The summed E-state index contributed by atoms with van der Waals surface area (Å²) in [6, 6.07) is 14.4. The minimum atomic E-state index is -0.301. The minimum Gasteiger partial charge on any atom is -0.323 e. The number of benzene rings is 2. The summed E-state index contributed by atoms with van der Waals surface area (Å²) < 4.78 is 0. The maximum Gasteiger partial charge on any atom is 0.244 e. The van der Waals surface area contributed by atoms with Crippen LogP contribution in [0.15, 0.2) is 48.5 Å². The summed E-state index contributed by atoms with van der Waals surface area (Å²) >= 11 is 6.01. The van der Waals surface area contributed by atoms with Crippen molar-refractivity contribution in [3.63, 3.8) is 0 Å². The number of hydrogen-bond donors (Lipinski definition) is 1. The van der Waals surface area contributed by atoms with Crippen molar-refractivity contribution in [2.75, 3.05) is 16.8 Å². The Balaban J connectivity index is 2.13. The molecule has 0 fully saturated rings. The highest BCUT2D eigenvalue weighted by Crippen LogP contribution is 2.21. The third-order valence-corrected chi connectivity index (χ3v) is 3.47. The number of amides is 2. The summed E-state index contributed by atoms with van der Waals surface area (Å²) in [4.78, 5) is 25.4. The summed E-state index contributed by atoms with van der Waals surface area (Å²) in [5.74, 6) is -0.496. The van der Waals surface area contributed by atoms with Crippen molar-refractivity contribution in [3.8, 4) is 0 Å². The van der Waals surface area contributed by atoms with E-state index in [1.165, 1.54) is 11.8 Å². The Hall–Kier alpha value is -2.33. The van der Waals surface area contributed by atoms with Crippen LogP contribution < -0.4 is 10.2 Å². The van der Waals surface area contributed by atoms with Gasteiger partial charge >= 0.3 is 0 Å². The normalized spacial score (nSPS) is 10.1. The summed E-state index contributed by atoms with van der Waals surface area (Å²) in [6.07, 6.45) is 0. The molecule has 4 nitrogen and oxygen atoms in total. The van der Waals surface area contributed by atoms with E-state index in [1.54, 1.807) is 30.3 Å². The molecule has 0 radical (unpaired) electrons. The van der Waals surface area contributed by atoms with E-state index in [4.69, 9.17) is 11.6 Å². The fourth-order valence-electron chi connectivity index (χ4n) is 2.08. The molecule has 2 aromatic rings. The molecule has 0 aromatic heterocycles. The van der Waals surface area contributed by atoms with Gasteiger partial charge in [-0.25, -0.2) is 0 Å². The zero-order valence-electron chi connectivity index (χ0n) is 12.5. The SMILES string of the molecule is CC(=O)N(CC(=O)Nc1ccccc1Cl)c1cccc(C)c1. The average molecular weight is 317 g/mol. The van der Waals surface area contributed by atoms with Crippen LogP contribution >= 0.6 is 11.6 Å². The molecule has 2 aromatic carbocycles. The summed E-state index contributed by atoms with van der Waals surface area (Å²) in [6.45, 7) is 3.31. The Bertz CT molecular complexity index is 701. The first-order valence-electron chi connectivity index (χ1n) is 6.86. The third kappa shape index (κ3) is 4.09. The second-order valence-corrected chi connectivity index (χ2v) is 5.38. The van der Waals surface area contributed by atoms with Gasteiger partial charge in [-0.05, 0) is 36.8 Å². The lowest BCUT2D eigenvalue weighted by molar-refractivity contribution is -0.120. The smallest absolute Gasteiger partial charge is 0.244 e. The maximum absolute atomic E-state index is 12.2. The van der Waals surface area contributed by atoms with E-state index in [0.29, 0.717) is 16.4 Å². The van der Waals surface area contributed by atoms with Gasteiger partial charge < -0.3 is 10.2 Å². The molecule has 1 N–H and O–H groups in total. The number of nitrogens with zero attached hydrogens (tertiary/aromatic N) is 1. The van der Waals surface area contributed by atoms with Gasteiger partial charge in [-0.15, -0.1) is 0 Å². The standard InChI is InChI=1S/C17H17ClN2O2/c1-12-6-5-7-14(10-12)20(13(2)21)11-17(22)19-16-9-4-3-8-15(16)18/h3-10H,11H2,1-2H3,(H,19,22). The summed E-state index contributed by atoms with van der Waals surface area (Å²) in [5.41, 5.74) is 2.25. The lowest BCUT2D eigenvalue weighted by Gasteiger charge is -2.21. The van der Waals surface area contributed by atoms with E-state index in [2.05, 4.69) is 5.32 Å². The number of anilines is 2. The van der Waals surface area contributed by atoms with Crippen LogP contribution in [0.5, 0.6) is 0 Å². The lowest BCUT2D eigenvalue weighted by atomic mass is 10.2. The Morgan fingerprint density at radius 1 is 1.14 bits per heavy atom. The molecule has 0 aliphatic rings. The third-order valence-electron chi connectivity index (χ3n) is 3.14. The number of aryl methyl sites for hydroxylation is 1. The fraction of sp³-hybridized carbons (Fsp3) is 0.176. The van der Waals surface area contributed by atoms with Crippen molar-refractivity contribution < 1.29 is 9.59 Å². The number of rotatable bonds is 4. The van der Waals surface area contributed by atoms with E-state index >= 15 is 0 Å². The van der Waals surface area contributed by atoms with Crippen molar-refractivity contribution in [2.45, 2.75) is 13.8 Å². The molecule has 0 saturated heterocycles. The van der Waals surface area contributed by atoms with Gasteiger partial charge in [0.2, 0.25) is 11.8 Å². The first-order valence-corrected chi connectivity index (χ1v) is 7.24. The lowest BCUT2D eigenvalue weighted by Crippen LogP contribution is -2.36. The van der Waals surface area contributed by atoms with Crippen molar-refractivity contribution in [1.82, 2.24) is 0 Å². The maximum atomic E-state index is 12.2. The van der Waals surface area contributed by atoms with Crippen LogP contribution in [-0.2, 0) is 9.59 Å². The second kappa shape index (κ2) is 7.09. The van der Waals surface area contributed by atoms with Gasteiger partial charge in [0.05, 0.1) is 10.7 Å². The highest BCUT2D eigenvalue weighted by molar-refractivity contribution is 6.33. The summed E-state index contributed by atoms with van der Waals surface area (Å²) in [5, 5.41) is 3.17. The number of carbonyl (C=O) groups is 2. The Morgan fingerprint density at radius 2 is 1.86 bits per heavy atom. The van der Waals surface area contributed by atoms with E-state index in [1.807, 2.05) is 25.1 Å². The van der Waals surface area contributed by atoms with Crippen LogP contribution in [0.1, 0.15) is 12.5 Å². The fourth-order valence-corrected chi connectivity index (χ4v) is 2.26. The zero-order chi connectivity index (χ0) is 16.1. The molecule has 2 rings (SSSR count). The van der Waals surface area contributed by atoms with Crippen molar-refractivity contribution in [1.29, 1.82) is 0 Å². The number of halogens is 1. The van der Waals surface area contributed by atoms with Crippen LogP contribution in [0, 0.1) is 6.92 Å². The Labute approximate surface area is 134 Å². The minimum absolute atomic E-state index is 0.0655. The molecular formula is C17H17ClN2O2. The molecule has 22 heavy (non-hydrogen) atoms. The van der Waals surface area contributed by atoms with Crippen LogP contribution in [-0.4, -0.2) is 18.4 Å². The quantitative estimate of drug-likeness (QED) is 0.936. The van der Waals surface area contributed by atoms with E-state index in [0.717, 1.165) is 5.56 Å². The average Bonchev–Trinajstić information content (AvgIpc) is 2.47. The van der Waals surface area contributed by atoms with Gasteiger partial charge in [-0.2, -0.15) is 0 Å². The molecule has 0 spiro atoms. The summed E-state index contributed by atoms with van der Waals surface area (Å²) in [7, 11) is 0. The van der Waals surface area contributed by atoms with Crippen molar-refractivity contribution >= 4 is 34.8 Å². The van der Waals surface area contributed by atoms with Crippen LogP contribution in [0.25, 0.3) is 0 Å². The number of para-hydroxylation sites is 1. The monoisotopic (exact) mass is 316 g/mol. The number of nitrogens with one attached hydrogen (secondary N) is 1. The van der Waals surface area contributed by atoms with E-state index < -0.39 is 0 Å². The topological polar surface area (TPSA) is 49.4 Å². The molecule has 0 heterocycles. The van der Waals surface area contributed by atoms with Crippen LogP contribution in [0.4, 0.5) is 11.4 Å². The number of carbonyl (C=O) groups excluding carboxylic acids is 2. The molecule has 0 saturated carbocycles. The largest absolute Gasteiger partial charge is 0.323 e. The molecule has 114 valence electrons. The van der Waals surface area contributed by atoms with Crippen LogP contribution in [0.3, 0.4) is 0 Å². The van der Waals surface area contributed by atoms with E-state index in [-0.39, 0.29) is 18.4 Å². The molecule has 0 aliphatic heterocycles. The van der Waals surface area contributed by atoms with Gasteiger partial charge in [0.25, 0.3) is 0 Å². The van der Waals surface area contributed by atoms with Gasteiger partial charge in [0, 0.05) is 12.6 Å². The molecule has 5 heteroatoms. The van der Waals surface area contributed by atoms with Crippen molar-refractivity contribution in [3.05, 3.63) is 59.1 Å². The van der Waals surface area contributed by atoms with Gasteiger partial charge in [0.15, 0.2) is 0 Å². The number of hydrogen-bond acceptors (Lipinski definition) is 2. The highest BCUT2D eigenvalue weighted by Gasteiger charge is 2.16. The predicted octanol–water partition coefficient (Wildman–Crippen LogP) is 3.64. The first kappa shape index (κ1) is 16.0. The van der Waals surface area contributed by atoms with Gasteiger partial charge in [-0.1, -0.05) is 35.9 Å². The molecule has 2 amide bonds. The van der Waals surface area contributed by atoms with E-state index in [9.17, 15) is 9.59 Å². The Kier molecular flexibility index (Phi) is 5.17. The van der Waals surface area contributed by atoms with Crippen molar-refractivity contribution in [2.24, 2.45) is 0 Å². The van der Waals surface area contributed by atoms with Gasteiger partial charge in [-0.3, -0.25) is 9.59 Å². The molecular weight excluding hydrogens is 300 g/mol. The predicted molar refractivity (Wildman–Crippen MR) is 89.3 cm³/mol. The second-order valence-electron chi connectivity index (χ2n) is 4.97. The zero-order valence-corrected chi connectivity index (χ0v) is 13.2. The molecule has 0 unspecified atom stereocenters. The van der Waals surface area contributed by atoms with Gasteiger partial charge in [0.1, 0.15) is 6.54 Å². The molecule has 0 aliphatic carbocycles.